The Bertz CT molecular complexity index is 1480. The summed E-state index contributed by atoms with van der Waals surface area (Å²) in [5.41, 5.74) is 3.83. The maximum absolute atomic E-state index is 13.0. The molecule has 0 saturated heterocycles. The zero-order chi connectivity index (χ0) is 25.0. The summed E-state index contributed by atoms with van der Waals surface area (Å²) in [4.78, 5) is 26.1. The molecule has 7 heteroatoms. The molecule has 2 N–H and O–H groups in total. The van der Waals surface area contributed by atoms with Crippen LogP contribution in [-0.2, 0) is 10.0 Å². The van der Waals surface area contributed by atoms with E-state index in [1.807, 2.05) is 26.0 Å². The van der Waals surface area contributed by atoms with Crippen molar-refractivity contribution in [1.82, 2.24) is 0 Å². The van der Waals surface area contributed by atoms with Gasteiger partial charge in [-0.3, -0.25) is 14.3 Å². The lowest BCUT2D eigenvalue weighted by Gasteiger charge is -2.12. The Morgan fingerprint density at radius 3 is 1.97 bits per heavy atom. The number of amides is 1. The lowest BCUT2D eigenvalue weighted by molar-refractivity contribution is 0.102. The normalized spacial score (nSPS) is 11.0. The summed E-state index contributed by atoms with van der Waals surface area (Å²) < 4.78 is 27.7. The van der Waals surface area contributed by atoms with Gasteiger partial charge in [0.1, 0.15) is 0 Å². The number of benzene rings is 4. The van der Waals surface area contributed by atoms with Crippen LogP contribution in [0.1, 0.15) is 37.4 Å². The molecule has 4 rings (SSSR count). The number of carbonyl (C=O) groups is 2. The third-order valence-corrected chi connectivity index (χ3v) is 6.83. The van der Waals surface area contributed by atoms with Gasteiger partial charge in [-0.15, -0.1) is 0 Å². The van der Waals surface area contributed by atoms with Crippen LogP contribution in [0.3, 0.4) is 0 Å². The molecule has 0 heterocycles. The maximum atomic E-state index is 13.0. The van der Waals surface area contributed by atoms with Gasteiger partial charge in [0, 0.05) is 22.4 Å². The van der Waals surface area contributed by atoms with Crippen molar-refractivity contribution in [1.29, 1.82) is 0 Å². The van der Waals surface area contributed by atoms with Crippen LogP contribution in [0.5, 0.6) is 0 Å². The van der Waals surface area contributed by atoms with Gasteiger partial charge < -0.3 is 5.32 Å². The Hall–Kier alpha value is -4.23. The molecule has 35 heavy (non-hydrogen) atoms. The van der Waals surface area contributed by atoms with E-state index in [0.29, 0.717) is 28.1 Å². The molecule has 4 aromatic carbocycles. The number of nitrogens with one attached hydrogen (secondary N) is 2. The quantitative estimate of drug-likeness (QED) is 0.335. The number of rotatable bonds is 7. The molecule has 0 bridgehead atoms. The number of ketones is 1. The predicted molar refractivity (Wildman–Crippen MR) is 137 cm³/mol. The van der Waals surface area contributed by atoms with E-state index in [1.54, 1.807) is 48.5 Å². The molecule has 4 aromatic rings. The van der Waals surface area contributed by atoms with Gasteiger partial charge in [0.15, 0.2) is 5.78 Å². The van der Waals surface area contributed by atoms with E-state index in [1.165, 1.54) is 36.4 Å². The van der Waals surface area contributed by atoms with E-state index in [-0.39, 0.29) is 10.7 Å². The first kappa shape index (κ1) is 23.9. The Balaban J connectivity index is 1.51. The minimum Gasteiger partial charge on any atom is -0.321 e. The van der Waals surface area contributed by atoms with Crippen LogP contribution < -0.4 is 10.0 Å². The van der Waals surface area contributed by atoms with Gasteiger partial charge in [0.05, 0.1) is 10.6 Å². The topological polar surface area (TPSA) is 92.3 Å². The molecule has 6 nitrogen and oxygen atoms in total. The minimum atomic E-state index is -3.75. The van der Waals surface area contributed by atoms with Gasteiger partial charge in [0.25, 0.3) is 15.9 Å². The SMILES string of the molecule is Cc1ccc(S(=O)(=O)Nc2ccc(C(=O)Nc3ccc(C)cc3C(=O)c3ccccc3)cc2)cc1. The van der Waals surface area contributed by atoms with Crippen LogP contribution in [0.25, 0.3) is 0 Å². The molecule has 0 aliphatic carbocycles. The van der Waals surface area contributed by atoms with E-state index < -0.39 is 15.9 Å². The lowest BCUT2D eigenvalue weighted by Crippen LogP contribution is -2.16. The molecule has 0 unspecified atom stereocenters. The highest BCUT2D eigenvalue weighted by Gasteiger charge is 2.17. The molecule has 176 valence electrons. The van der Waals surface area contributed by atoms with Crippen LogP contribution in [0.4, 0.5) is 11.4 Å². The zero-order valence-electron chi connectivity index (χ0n) is 19.3. The van der Waals surface area contributed by atoms with Gasteiger partial charge in [0.2, 0.25) is 0 Å². The number of aryl methyl sites for hydroxylation is 2. The Kier molecular flexibility index (Phi) is 6.80. The van der Waals surface area contributed by atoms with Crippen molar-refractivity contribution in [2.75, 3.05) is 10.0 Å². The summed E-state index contributed by atoms with van der Waals surface area (Å²) in [5, 5.41) is 2.81. The standard InChI is InChI=1S/C28H24N2O4S/c1-19-8-15-24(16-9-19)35(33,34)30-23-13-11-22(12-14-23)28(32)29-26-17-10-20(2)18-25(26)27(31)21-6-4-3-5-7-21/h3-18,30H,1-2H3,(H,29,32). The van der Waals surface area contributed by atoms with Gasteiger partial charge in [-0.1, -0.05) is 59.7 Å². The molecule has 1 amide bonds. The second kappa shape index (κ2) is 9.95. The molecule has 0 atom stereocenters. The molecular weight excluding hydrogens is 460 g/mol. The van der Waals surface area contributed by atoms with Gasteiger partial charge in [-0.2, -0.15) is 0 Å². The van der Waals surface area contributed by atoms with Gasteiger partial charge >= 0.3 is 0 Å². The fourth-order valence-electron chi connectivity index (χ4n) is 3.52. The molecule has 0 aliphatic rings. The van der Waals surface area contributed by atoms with Crippen molar-refractivity contribution in [2.24, 2.45) is 0 Å². The van der Waals surface area contributed by atoms with E-state index in [0.717, 1.165) is 11.1 Å². The van der Waals surface area contributed by atoms with Crippen molar-refractivity contribution >= 4 is 33.1 Å². The van der Waals surface area contributed by atoms with Crippen LogP contribution >= 0.6 is 0 Å². The van der Waals surface area contributed by atoms with E-state index in [2.05, 4.69) is 10.0 Å². The zero-order valence-corrected chi connectivity index (χ0v) is 20.1. The first-order valence-corrected chi connectivity index (χ1v) is 12.4. The first-order valence-electron chi connectivity index (χ1n) is 10.9. The number of anilines is 2. The summed E-state index contributed by atoms with van der Waals surface area (Å²) in [5.74, 6) is -0.602. The first-order chi connectivity index (χ1) is 16.7. The average Bonchev–Trinajstić information content (AvgIpc) is 2.85. The highest BCUT2D eigenvalue weighted by Crippen LogP contribution is 2.23. The van der Waals surface area contributed by atoms with Crippen molar-refractivity contribution in [3.8, 4) is 0 Å². The minimum absolute atomic E-state index is 0.153. The van der Waals surface area contributed by atoms with Gasteiger partial charge in [-0.25, -0.2) is 8.42 Å². The molecule has 0 spiro atoms. The predicted octanol–water partition coefficient (Wildman–Crippen LogP) is 5.59. The van der Waals surface area contributed by atoms with Crippen LogP contribution in [0.2, 0.25) is 0 Å². The van der Waals surface area contributed by atoms with Crippen LogP contribution in [-0.4, -0.2) is 20.1 Å². The Morgan fingerprint density at radius 1 is 0.686 bits per heavy atom. The number of hydrogen-bond donors (Lipinski definition) is 2. The molecule has 0 aromatic heterocycles. The van der Waals surface area contributed by atoms with Crippen molar-refractivity contribution in [3.63, 3.8) is 0 Å². The second-order valence-corrected chi connectivity index (χ2v) is 9.88. The molecular formula is C28H24N2O4S. The molecule has 0 aliphatic heterocycles. The van der Waals surface area contributed by atoms with E-state index >= 15 is 0 Å². The largest absolute Gasteiger partial charge is 0.321 e. The third-order valence-electron chi connectivity index (χ3n) is 5.43. The summed E-state index contributed by atoms with van der Waals surface area (Å²) in [6.07, 6.45) is 0. The number of carbonyl (C=O) groups excluding carboxylic acids is 2. The second-order valence-electron chi connectivity index (χ2n) is 8.19. The molecule has 0 radical (unpaired) electrons. The van der Waals surface area contributed by atoms with Crippen molar-refractivity contribution < 1.29 is 18.0 Å². The highest BCUT2D eigenvalue weighted by molar-refractivity contribution is 7.92. The molecule has 0 fully saturated rings. The highest BCUT2D eigenvalue weighted by atomic mass is 32.2. The smallest absolute Gasteiger partial charge is 0.261 e. The summed E-state index contributed by atoms with van der Waals surface area (Å²) in [6.45, 7) is 3.76. The Labute approximate surface area is 204 Å². The Morgan fingerprint density at radius 2 is 1.31 bits per heavy atom. The van der Waals surface area contributed by atoms with Crippen LogP contribution in [0, 0.1) is 13.8 Å². The number of sulfonamides is 1. The molecule has 0 saturated carbocycles. The van der Waals surface area contributed by atoms with E-state index in [9.17, 15) is 18.0 Å². The van der Waals surface area contributed by atoms with Gasteiger partial charge in [-0.05, 0) is 62.4 Å². The van der Waals surface area contributed by atoms with Crippen molar-refractivity contribution in [3.05, 3.63) is 125 Å². The fraction of sp³-hybridized carbons (Fsp3) is 0.0714. The summed E-state index contributed by atoms with van der Waals surface area (Å²) >= 11 is 0. The van der Waals surface area contributed by atoms with E-state index in [4.69, 9.17) is 0 Å². The third kappa shape index (κ3) is 5.65. The summed E-state index contributed by atoms with van der Waals surface area (Å²) in [7, 11) is -3.75. The lowest BCUT2D eigenvalue weighted by atomic mass is 9.99. The summed E-state index contributed by atoms with van der Waals surface area (Å²) in [6, 6.07) is 26.7. The monoisotopic (exact) mass is 484 g/mol. The maximum Gasteiger partial charge on any atom is 0.261 e. The average molecular weight is 485 g/mol. The van der Waals surface area contributed by atoms with Crippen molar-refractivity contribution in [2.45, 2.75) is 18.7 Å². The number of hydrogen-bond acceptors (Lipinski definition) is 4. The fourth-order valence-corrected chi connectivity index (χ4v) is 4.57. The van der Waals surface area contributed by atoms with Crippen LogP contribution in [0.15, 0.2) is 102 Å².